The molecule has 0 aromatic rings. The third-order valence-electron chi connectivity index (χ3n) is 3.87. The van der Waals surface area contributed by atoms with Gasteiger partial charge >= 0.3 is 0 Å². The highest BCUT2D eigenvalue weighted by Gasteiger charge is 2.32. The molecule has 0 aromatic heterocycles. The van der Waals surface area contributed by atoms with Crippen LogP contribution in [0.1, 0.15) is 32.1 Å². The lowest BCUT2D eigenvalue weighted by Gasteiger charge is -2.36. The van der Waals surface area contributed by atoms with Crippen LogP contribution in [0.15, 0.2) is 4.99 Å². The Morgan fingerprint density at radius 1 is 1.32 bits per heavy atom. The van der Waals surface area contributed by atoms with Crippen LogP contribution < -0.4 is 11.1 Å². The first-order valence-corrected chi connectivity index (χ1v) is 8.81. The van der Waals surface area contributed by atoms with Crippen LogP contribution in [-0.2, 0) is 10.0 Å². The molecule has 2 fully saturated rings. The van der Waals surface area contributed by atoms with Gasteiger partial charge in [-0.1, -0.05) is 19.3 Å². The fourth-order valence-electron chi connectivity index (χ4n) is 2.64. The quantitative estimate of drug-likeness (QED) is 0.568. The van der Waals surface area contributed by atoms with Crippen molar-refractivity contribution in [3.63, 3.8) is 0 Å². The fourth-order valence-corrected chi connectivity index (χ4v) is 3.60. The number of nitrogens with two attached hydrogens (primary N) is 1. The third-order valence-corrected chi connectivity index (χ3v) is 5.11. The van der Waals surface area contributed by atoms with Crippen LogP contribution in [0.5, 0.6) is 0 Å². The van der Waals surface area contributed by atoms with E-state index in [1.807, 2.05) is 0 Å². The maximum absolute atomic E-state index is 11.2. The van der Waals surface area contributed by atoms with Gasteiger partial charge in [-0.05, 0) is 12.8 Å². The SMILES string of the molecule is CS(=O)(=O)N1CC(CN=C(N)NC2CCCCC2)C1. The van der Waals surface area contributed by atoms with Crippen molar-refractivity contribution in [2.75, 3.05) is 25.9 Å². The van der Waals surface area contributed by atoms with Crippen LogP contribution in [0, 0.1) is 5.92 Å². The van der Waals surface area contributed by atoms with Crippen molar-refractivity contribution in [2.45, 2.75) is 38.1 Å². The molecule has 3 N–H and O–H groups in total. The molecule has 0 bridgehead atoms. The molecule has 0 unspecified atom stereocenters. The van der Waals surface area contributed by atoms with Gasteiger partial charge in [0.25, 0.3) is 0 Å². The molecular formula is C12H24N4O2S. The zero-order valence-corrected chi connectivity index (χ0v) is 12.3. The van der Waals surface area contributed by atoms with Gasteiger partial charge in [-0.25, -0.2) is 12.7 Å². The molecule has 7 heteroatoms. The number of guanidine groups is 1. The molecule has 110 valence electrons. The summed E-state index contributed by atoms with van der Waals surface area (Å²) in [6.07, 6.45) is 7.42. The van der Waals surface area contributed by atoms with Crippen LogP contribution in [0.2, 0.25) is 0 Å². The standard InChI is InChI=1S/C12H24N4O2S/c1-19(17,18)16-8-10(9-16)7-14-12(13)15-11-5-3-2-4-6-11/h10-11H,2-9H2,1H3,(H3,13,14,15). The van der Waals surface area contributed by atoms with Crippen LogP contribution in [0.4, 0.5) is 0 Å². The van der Waals surface area contributed by atoms with Crippen molar-refractivity contribution in [1.29, 1.82) is 0 Å². The molecule has 6 nitrogen and oxygen atoms in total. The molecule has 1 saturated carbocycles. The van der Waals surface area contributed by atoms with Crippen molar-refractivity contribution in [2.24, 2.45) is 16.6 Å². The van der Waals surface area contributed by atoms with Crippen molar-refractivity contribution in [3.05, 3.63) is 0 Å². The van der Waals surface area contributed by atoms with Gasteiger partial charge in [0.15, 0.2) is 5.96 Å². The van der Waals surface area contributed by atoms with Crippen LogP contribution in [0.25, 0.3) is 0 Å². The Morgan fingerprint density at radius 3 is 2.53 bits per heavy atom. The summed E-state index contributed by atoms with van der Waals surface area (Å²) in [5.41, 5.74) is 5.86. The zero-order valence-electron chi connectivity index (χ0n) is 11.5. The Kier molecular flexibility index (Phi) is 4.67. The summed E-state index contributed by atoms with van der Waals surface area (Å²) in [7, 11) is -3.02. The molecule has 1 heterocycles. The molecule has 1 aliphatic heterocycles. The summed E-state index contributed by atoms with van der Waals surface area (Å²) in [6, 6.07) is 0.464. The molecule has 19 heavy (non-hydrogen) atoms. The Morgan fingerprint density at radius 2 is 1.95 bits per heavy atom. The second-order valence-corrected chi connectivity index (χ2v) is 7.63. The molecule has 0 aromatic carbocycles. The smallest absolute Gasteiger partial charge is 0.211 e. The number of rotatable bonds is 4. The average Bonchev–Trinajstić information content (AvgIpc) is 2.26. The van der Waals surface area contributed by atoms with E-state index in [0.29, 0.717) is 37.6 Å². The minimum absolute atomic E-state index is 0.307. The third kappa shape index (κ3) is 4.35. The molecular weight excluding hydrogens is 264 g/mol. The Balaban J connectivity index is 1.68. The predicted molar refractivity (Wildman–Crippen MR) is 76.4 cm³/mol. The summed E-state index contributed by atoms with van der Waals surface area (Å²) < 4.78 is 23.9. The van der Waals surface area contributed by atoms with Gasteiger partial charge in [-0.15, -0.1) is 0 Å². The minimum Gasteiger partial charge on any atom is -0.370 e. The number of nitrogens with one attached hydrogen (secondary N) is 1. The Hall–Kier alpha value is -0.820. The van der Waals surface area contributed by atoms with Gasteiger partial charge in [0.05, 0.1) is 6.26 Å². The molecule has 0 radical (unpaired) electrons. The van der Waals surface area contributed by atoms with E-state index in [-0.39, 0.29) is 0 Å². The number of nitrogens with zero attached hydrogens (tertiary/aromatic N) is 2. The topological polar surface area (TPSA) is 87.8 Å². The van der Waals surface area contributed by atoms with E-state index in [4.69, 9.17) is 5.73 Å². The van der Waals surface area contributed by atoms with Gasteiger partial charge in [0.1, 0.15) is 0 Å². The van der Waals surface area contributed by atoms with Crippen molar-refractivity contribution < 1.29 is 8.42 Å². The van der Waals surface area contributed by atoms with Crippen LogP contribution >= 0.6 is 0 Å². The highest BCUT2D eigenvalue weighted by atomic mass is 32.2. The summed E-state index contributed by atoms with van der Waals surface area (Å²) in [4.78, 5) is 4.32. The van der Waals surface area contributed by atoms with E-state index in [0.717, 1.165) is 0 Å². The molecule has 2 rings (SSSR count). The lowest BCUT2D eigenvalue weighted by atomic mass is 9.96. The van der Waals surface area contributed by atoms with Gasteiger partial charge in [-0.3, -0.25) is 4.99 Å². The van der Waals surface area contributed by atoms with E-state index in [2.05, 4.69) is 10.3 Å². The number of hydrogen-bond acceptors (Lipinski definition) is 3. The molecule has 0 amide bonds. The zero-order chi connectivity index (χ0) is 13.9. The van der Waals surface area contributed by atoms with E-state index in [9.17, 15) is 8.42 Å². The van der Waals surface area contributed by atoms with Crippen molar-refractivity contribution in [3.8, 4) is 0 Å². The lowest BCUT2D eigenvalue weighted by Crippen LogP contribution is -2.51. The summed E-state index contributed by atoms with van der Waals surface area (Å²) in [6.45, 7) is 1.75. The van der Waals surface area contributed by atoms with Crippen molar-refractivity contribution in [1.82, 2.24) is 9.62 Å². The summed E-state index contributed by atoms with van der Waals surface area (Å²) >= 11 is 0. The second-order valence-electron chi connectivity index (χ2n) is 5.65. The van der Waals surface area contributed by atoms with Crippen molar-refractivity contribution >= 4 is 16.0 Å². The van der Waals surface area contributed by atoms with Crippen LogP contribution in [-0.4, -0.2) is 50.6 Å². The summed E-state index contributed by atoms with van der Waals surface area (Å²) in [5.74, 6) is 0.811. The maximum Gasteiger partial charge on any atom is 0.211 e. The van der Waals surface area contributed by atoms with E-state index in [1.54, 1.807) is 0 Å². The van der Waals surface area contributed by atoms with Gasteiger partial charge < -0.3 is 11.1 Å². The van der Waals surface area contributed by atoms with E-state index >= 15 is 0 Å². The highest BCUT2D eigenvalue weighted by molar-refractivity contribution is 7.88. The van der Waals surface area contributed by atoms with Gasteiger partial charge in [-0.2, -0.15) is 0 Å². The number of sulfonamides is 1. The lowest BCUT2D eigenvalue weighted by molar-refractivity contribution is 0.209. The van der Waals surface area contributed by atoms with E-state index < -0.39 is 10.0 Å². The molecule has 0 atom stereocenters. The van der Waals surface area contributed by atoms with Gasteiger partial charge in [0, 0.05) is 31.6 Å². The second kappa shape index (κ2) is 6.09. The number of aliphatic imine (C=N–C) groups is 1. The largest absolute Gasteiger partial charge is 0.370 e. The molecule has 1 aliphatic carbocycles. The minimum atomic E-state index is -3.02. The molecule has 2 aliphatic rings. The average molecular weight is 288 g/mol. The Bertz CT molecular complexity index is 423. The first kappa shape index (κ1) is 14.6. The first-order chi connectivity index (χ1) is 8.95. The highest BCUT2D eigenvalue weighted by Crippen LogP contribution is 2.19. The Labute approximate surface area is 115 Å². The normalized spacial score (nSPS) is 24.2. The maximum atomic E-state index is 11.2. The molecule has 1 saturated heterocycles. The number of hydrogen-bond donors (Lipinski definition) is 2. The van der Waals surface area contributed by atoms with E-state index in [1.165, 1.54) is 42.7 Å². The fraction of sp³-hybridized carbons (Fsp3) is 0.917. The monoisotopic (exact) mass is 288 g/mol. The predicted octanol–water partition coefficient (Wildman–Crippen LogP) is 0.115. The van der Waals surface area contributed by atoms with Crippen LogP contribution in [0.3, 0.4) is 0 Å². The summed E-state index contributed by atoms with van der Waals surface area (Å²) in [5, 5.41) is 3.26. The van der Waals surface area contributed by atoms with Gasteiger partial charge in [0.2, 0.25) is 10.0 Å². The first-order valence-electron chi connectivity index (χ1n) is 6.97. The molecule has 0 spiro atoms.